The molecule has 2 heterocycles. The maximum Gasteiger partial charge on any atom is 0.148 e. The zero-order valence-corrected chi connectivity index (χ0v) is 11.2. The Morgan fingerprint density at radius 3 is 2.68 bits per heavy atom. The van der Waals surface area contributed by atoms with Crippen LogP contribution in [0.4, 0.5) is 5.82 Å². The molecule has 0 aliphatic heterocycles. The third-order valence-electron chi connectivity index (χ3n) is 3.33. The van der Waals surface area contributed by atoms with Crippen molar-refractivity contribution >= 4 is 16.7 Å². The van der Waals surface area contributed by atoms with Crippen molar-refractivity contribution in [3.05, 3.63) is 41.7 Å². The minimum absolute atomic E-state index is 0.583. The topological polar surface area (TPSA) is 61.7 Å². The molecule has 19 heavy (non-hydrogen) atoms. The van der Waals surface area contributed by atoms with Crippen LogP contribution in [0.2, 0.25) is 0 Å². The minimum Gasteiger partial charge on any atom is -0.382 e. The van der Waals surface area contributed by atoms with E-state index in [0.717, 1.165) is 23.3 Å². The highest BCUT2D eigenvalue weighted by Gasteiger charge is 2.10. The van der Waals surface area contributed by atoms with Crippen molar-refractivity contribution in [3.8, 4) is 0 Å². The highest BCUT2D eigenvalue weighted by atomic mass is 15.3. The Morgan fingerprint density at radius 2 is 2.00 bits per heavy atom. The highest BCUT2D eigenvalue weighted by Crippen LogP contribution is 2.19. The average Bonchev–Trinajstić information content (AvgIpc) is 2.92. The zero-order valence-electron chi connectivity index (χ0n) is 11.2. The fourth-order valence-corrected chi connectivity index (χ4v) is 2.32. The van der Waals surface area contributed by atoms with Gasteiger partial charge in [0.05, 0.1) is 17.8 Å². The molecule has 98 valence electrons. The average molecular weight is 255 g/mol. The maximum atomic E-state index is 5.78. The molecule has 5 nitrogen and oxygen atoms in total. The lowest BCUT2D eigenvalue weighted by atomic mass is 10.2. The number of para-hydroxylation sites is 1. The predicted octanol–water partition coefficient (Wildman–Crippen LogP) is 2.19. The minimum atomic E-state index is 0.583. The maximum absolute atomic E-state index is 5.78. The second kappa shape index (κ2) is 4.42. The Hall–Kier alpha value is -2.30. The van der Waals surface area contributed by atoms with Crippen molar-refractivity contribution in [3.63, 3.8) is 0 Å². The number of fused-ring (bicyclic) bond motifs is 1. The summed E-state index contributed by atoms with van der Waals surface area (Å²) in [5.74, 6) is 0.583. The van der Waals surface area contributed by atoms with E-state index in [1.165, 1.54) is 5.39 Å². The first-order valence-electron chi connectivity index (χ1n) is 6.43. The van der Waals surface area contributed by atoms with Gasteiger partial charge in [-0.3, -0.25) is 9.36 Å². The van der Waals surface area contributed by atoms with E-state index in [-0.39, 0.29) is 0 Å². The smallest absolute Gasteiger partial charge is 0.148 e. The molecule has 2 aromatic heterocycles. The summed E-state index contributed by atoms with van der Waals surface area (Å²) < 4.78 is 3.86. The molecule has 2 N–H and O–H groups in total. The van der Waals surface area contributed by atoms with Gasteiger partial charge in [0.2, 0.25) is 0 Å². The molecule has 1 aromatic carbocycles. The van der Waals surface area contributed by atoms with Crippen LogP contribution in [-0.4, -0.2) is 19.6 Å². The highest BCUT2D eigenvalue weighted by molar-refractivity contribution is 5.81. The van der Waals surface area contributed by atoms with Gasteiger partial charge in [-0.15, -0.1) is 0 Å². The summed E-state index contributed by atoms with van der Waals surface area (Å²) in [4.78, 5) is 0. The van der Waals surface area contributed by atoms with Crippen LogP contribution in [-0.2, 0) is 13.1 Å². The molecule has 3 aromatic rings. The van der Waals surface area contributed by atoms with Crippen LogP contribution in [0.25, 0.3) is 10.9 Å². The summed E-state index contributed by atoms with van der Waals surface area (Å²) in [5.41, 5.74) is 8.97. The van der Waals surface area contributed by atoms with Gasteiger partial charge >= 0.3 is 0 Å². The molecule has 0 saturated heterocycles. The first kappa shape index (κ1) is 11.8. The lowest BCUT2D eigenvalue weighted by Gasteiger charge is -1.98. The van der Waals surface area contributed by atoms with Gasteiger partial charge in [-0.25, -0.2) is 0 Å². The van der Waals surface area contributed by atoms with Crippen LogP contribution in [0.3, 0.4) is 0 Å². The Kier molecular flexibility index (Phi) is 2.74. The molecule has 0 atom stereocenters. The lowest BCUT2D eigenvalue weighted by molar-refractivity contribution is 0.628. The van der Waals surface area contributed by atoms with E-state index in [9.17, 15) is 0 Å². The molecule has 0 amide bonds. The summed E-state index contributed by atoms with van der Waals surface area (Å²) in [5, 5.41) is 10.1. The molecule has 0 spiro atoms. The summed E-state index contributed by atoms with van der Waals surface area (Å²) in [6.45, 7) is 5.56. The number of rotatable bonds is 3. The molecule has 3 rings (SSSR count). The fraction of sp³-hybridized carbons (Fsp3) is 0.286. The molecule has 5 heteroatoms. The number of benzene rings is 1. The van der Waals surface area contributed by atoms with E-state index in [2.05, 4.69) is 29.3 Å². The monoisotopic (exact) mass is 255 g/mol. The Morgan fingerprint density at radius 1 is 1.21 bits per heavy atom. The van der Waals surface area contributed by atoms with Gasteiger partial charge in [0, 0.05) is 23.7 Å². The predicted molar refractivity (Wildman–Crippen MR) is 75.9 cm³/mol. The number of nitrogens with two attached hydrogens (primary N) is 1. The molecule has 0 saturated carbocycles. The fourth-order valence-electron chi connectivity index (χ4n) is 2.32. The van der Waals surface area contributed by atoms with Crippen LogP contribution in [0.1, 0.15) is 18.2 Å². The van der Waals surface area contributed by atoms with E-state index in [1.807, 2.05) is 34.6 Å². The summed E-state index contributed by atoms with van der Waals surface area (Å²) in [6.07, 6.45) is 1.95. The Balaban J connectivity index is 2.05. The molecule has 0 aliphatic carbocycles. The first-order valence-corrected chi connectivity index (χ1v) is 6.43. The van der Waals surface area contributed by atoms with Crippen LogP contribution >= 0.6 is 0 Å². The molecular weight excluding hydrogens is 238 g/mol. The van der Waals surface area contributed by atoms with Gasteiger partial charge in [-0.1, -0.05) is 18.2 Å². The van der Waals surface area contributed by atoms with Crippen LogP contribution < -0.4 is 5.73 Å². The summed E-state index contributed by atoms with van der Waals surface area (Å²) in [7, 11) is 0. The molecule has 0 bridgehead atoms. The normalized spacial score (nSPS) is 11.3. The standard InChI is InChI=1S/C14H17N5/c1-3-19-13-7-5-4-6-11(13)12(16-19)9-18-8-10(2)14(15)17-18/h4-8H,3,9H2,1-2H3,(H2,15,17). The van der Waals surface area contributed by atoms with Crippen molar-refractivity contribution < 1.29 is 0 Å². The lowest BCUT2D eigenvalue weighted by Crippen LogP contribution is -2.03. The SMILES string of the molecule is CCn1nc(Cn2cc(C)c(N)n2)c2ccccc21. The third-order valence-corrected chi connectivity index (χ3v) is 3.33. The first-order chi connectivity index (χ1) is 9.19. The molecule has 0 unspecified atom stereocenters. The van der Waals surface area contributed by atoms with Gasteiger partial charge in [-0.2, -0.15) is 10.2 Å². The van der Waals surface area contributed by atoms with Crippen molar-refractivity contribution in [2.45, 2.75) is 26.9 Å². The Bertz CT molecular complexity index is 703. The van der Waals surface area contributed by atoms with Crippen molar-refractivity contribution in [2.24, 2.45) is 0 Å². The largest absolute Gasteiger partial charge is 0.382 e. The quantitative estimate of drug-likeness (QED) is 0.780. The number of anilines is 1. The van der Waals surface area contributed by atoms with E-state index in [0.29, 0.717) is 12.4 Å². The van der Waals surface area contributed by atoms with Crippen molar-refractivity contribution in [2.75, 3.05) is 5.73 Å². The third kappa shape index (κ3) is 1.97. The number of nitrogen functional groups attached to an aromatic ring is 1. The number of nitrogens with zero attached hydrogens (tertiary/aromatic N) is 4. The van der Waals surface area contributed by atoms with Gasteiger partial charge in [0.15, 0.2) is 0 Å². The van der Waals surface area contributed by atoms with E-state index >= 15 is 0 Å². The Labute approximate surface area is 111 Å². The molecule has 0 aliphatic rings. The molecule has 0 radical (unpaired) electrons. The van der Waals surface area contributed by atoms with E-state index in [1.54, 1.807) is 0 Å². The van der Waals surface area contributed by atoms with Gasteiger partial charge in [-0.05, 0) is 19.9 Å². The second-order valence-corrected chi connectivity index (χ2v) is 4.67. The van der Waals surface area contributed by atoms with Crippen LogP contribution in [0, 0.1) is 6.92 Å². The van der Waals surface area contributed by atoms with Gasteiger partial charge in [0.25, 0.3) is 0 Å². The summed E-state index contributed by atoms with van der Waals surface area (Å²) >= 11 is 0. The van der Waals surface area contributed by atoms with E-state index < -0.39 is 0 Å². The van der Waals surface area contributed by atoms with Crippen LogP contribution in [0.5, 0.6) is 0 Å². The van der Waals surface area contributed by atoms with Crippen molar-refractivity contribution in [1.29, 1.82) is 0 Å². The van der Waals surface area contributed by atoms with E-state index in [4.69, 9.17) is 5.73 Å². The zero-order chi connectivity index (χ0) is 13.4. The van der Waals surface area contributed by atoms with Gasteiger partial charge < -0.3 is 5.73 Å². The second-order valence-electron chi connectivity index (χ2n) is 4.67. The van der Waals surface area contributed by atoms with Crippen LogP contribution in [0.15, 0.2) is 30.5 Å². The summed E-state index contributed by atoms with van der Waals surface area (Å²) in [6, 6.07) is 8.27. The molecule has 0 fully saturated rings. The number of aromatic nitrogens is 4. The number of hydrogen-bond acceptors (Lipinski definition) is 3. The number of hydrogen-bond donors (Lipinski definition) is 1. The van der Waals surface area contributed by atoms with Crippen molar-refractivity contribution in [1.82, 2.24) is 19.6 Å². The van der Waals surface area contributed by atoms with Gasteiger partial charge in [0.1, 0.15) is 5.82 Å². The molecular formula is C14H17N5. The number of aryl methyl sites for hydroxylation is 2.